The number of hydrogen-bond donors (Lipinski definition) is 1. The van der Waals surface area contributed by atoms with Crippen LogP contribution in [0.4, 0.5) is 5.69 Å². The molecule has 0 atom stereocenters. The first-order valence-electron chi connectivity index (χ1n) is 3.83. The molecule has 0 aliphatic carbocycles. The van der Waals surface area contributed by atoms with Crippen LogP contribution < -0.4 is 5.32 Å². The van der Waals surface area contributed by atoms with Gasteiger partial charge in [0, 0.05) is 18.7 Å². The largest absolute Gasteiger partial charge is 0.325 e. The third-order valence-corrected chi connectivity index (χ3v) is 1.47. The molecule has 0 unspecified atom stereocenters. The lowest BCUT2D eigenvalue weighted by molar-refractivity contribution is -0.114. The van der Waals surface area contributed by atoms with Crippen molar-refractivity contribution in [3.63, 3.8) is 0 Å². The van der Waals surface area contributed by atoms with Crippen LogP contribution in [-0.4, -0.2) is 16.7 Å². The van der Waals surface area contributed by atoms with E-state index in [9.17, 15) is 9.59 Å². The molecule has 1 heterocycles. The Bertz CT molecular complexity index is 347. The number of anilines is 1. The molecule has 0 aromatic carbocycles. The highest BCUT2D eigenvalue weighted by molar-refractivity contribution is 5.96. The monoisotopic (exact) mass is 178 g/mol. The van der Waals surface area contributed by atoms with E-state index in [0.29, 0.717) is 11.3 Å². The maximum atomic E-state index is 10.9. The average Bonchev–Trinajstić information content (AvgIpc) is 2.03. The molecule has 0 aliphatic heterocycles. The van der Waals surface area contributed by atoms with E-state index in [1.54, 1.807) is 6.07 Å². The SMILES string of the molecule is CC(=O)Nc1cncc(C(C)=O)c1. The molecule has 0 aliphatic rings. The van der Waals surface area contributed by atoms with Crippen LogP contribution in [-0.2, 0) is 4.79 Å². The summed E-state index contributed by atoms with van der Waals surface area (Å²) in [5.41, 5.74) is 1.03. The van der Waals surface area contributed by atoms with E-state index >= 15 is 0 Å². The molecular formula is C9H10N2O2. The Kier molecular flexibility index (Phi) is 2.74. The van der Waals surface area contributed by atoms with Crippen molar-refractivity contribution in [3.05, 3.63) is 24.0 Å². The van der Waals surface area contributed by atoms with Gasteiger partial charge in [0.15, 0.2) is 5.78 Å². The summed E-state index contributed by atoms with van der Waals surface area (Å²) in [6, 6.07) is 1.59. The standard InChI is InChI=1S/C9H10N2O2/c1-6(12)8-3-9(5-10-4-8)11-7(2)13/h3-5H,1-2H3,(H,11,13). The molecule has 1 amide bonds. The maximum absolute atomic E-state index is 10.9. The van der Waals surface area contributed by atoms with Gasteiger partial charge in [0.25, 0.3) is 0 Å². The summed E-state index contributed by atoms with van der Waals surface area (Å²) in [6.45, 7) is 2.86. The minimum Gasteiger partial charge on any atom is -0.325 e. The van der Waals surface area contributed by atoms with Gasteiger partial charge in [0.2, 0.25) is 5.91 Å². The molecule has 13 heavy (non-hydrogen) atoms. The van der Waals surface area contributed by atoms with Gasteiger partial charge in [-0.05, 0) is 13.0 Å². The molecule has 1 N–H and O–H groups in total. The zero-order valence-electron chi connectivity index (χ0n) is 7.50. The van der Waals surface area contributed by atoms with Gasteiger partial charge in [0.1, 0.15) is 0 Å². The molecule has 0 saturated heterocycles. The molecule has 4 nitrogen and oxygen atoms in total. The summed E-state index contributed by atoms with van der Waals surface area (Å²) in [6.07, 6.45) is 2.96. The van der Waals surface area contributed by atoms with Crippen molar-refractivity contribution >= 4 is 17.4 Å². The van der Waals surface area contributed by atoms with E-state index in [1.165, 1.54) is 26.2 Å². The van der Waals surface area contributed by atoms with Crippen molar-refractivity contribution < 1.29 is 9.59 Å². The summed E-state index contributed by atoms with van der Waals surface area (Å²) in [5, 5.41) is 2.55. The molecule has 0 spiro atoms. The van der Waals surface area contributed by atoms with Crippen LogP contribution in [0.15, 0.2) is 18.5 Å². The van der Waals surface area contributed by atoms with Crippen molar-refractivity contribution in [2.45, 2.75) is 13.8 Å². The number of carbonyl (C=O) groups is 2. The molecule has 1 aromatic heterocycles. The van der Waals surface area contributed by atoms with E-state index in [2.05, 4.69) is 10.3 Å². The molecule has 0 radical (unpaired) electrons. The smallest absolute Gasteiger partial charge is 0.221 e. The number of carbonyl (C=O) groups excluding carboxylic acids is 2. The van der Waals surface area contributed by atoms with Crippen molar-refractivity contribution in [1.29, 1.82) is 0 Å². The number of Topliss-reactive ketones (excluding diaryl/α,β-unsaturated/α-hetero) is 1. The van der Waals surface area contributed by atoms with E-state index in [1.807, 2.05) is 0 Å². The molecule has 4 heteroatoms. The van der Waals surface area contributed by atoms with Crippen molar-refractivity contribution in [2.75, 3.05) is 5.32 Å². The Balaban J connectivity index is 2.91. The first-order valence-corrected chi connectivity index (χ1v) is 3.83. The molecule has 0 fully saturated rings. The normalized spacial score (nSPS) is 9.38. The number of hydrogen-bond acceptors (Lipinski definition) is 3. The number of amides is 1. The Hall–Kier alpha value is -1.71. The summed E-state index contributed by atoms with van der Waals surface area (Å²) in [5.74, 6) is -0.248. The van der Waals surface area contributed by atoms with Crippen molar-refractivity contribution in [3.8, 4) is 0 Å². The van der Waals surface area contributed by atoms with E-state index in [4.69, 9.17) is 0 Å². The van der Waals surface area contributed by atoms with Crippen LogP contribution in [0.3, 0.4) is 0 Å². The second-order valence-electron chi connectivity index (χ2n) is 2.70. The van der Waals surface area contributed by atoms with E-state index in [-0.39, 0.29) is 11.7 Å². The lowest BCUT2D eigenvalue weighted by Gasteiger charge is -2.01. The van der Waals surface area contributed by atoms with E-state index in [0.717, 1.165) is 0 Å². The van der Waals surface area contributed by atoms with Crippen LogP contribution in [0, 0.1) is 0 Å². The molecule has 1 aromatic rings. The highest BCUT2D eigenvalue weighted by Gasteiger charge is 2.01. The highest BCUT2D eigenvalue weighted by Crippen LogP contribution is 2.08. The predicted octanol–water partition coefficient (Wildman–Crippen LogP) is 1.24. The van der Waals surface area contributed by atoms with Crippen molar-refractivity contribution in [1.82, 2.24) is 4.98 Å². The summed E-state index contributed by atoms with van der Waals surface area (Å²) < 4.78 is 0. The number of nitrogens with zero attached hydrogens (tertiary/aromatic N) is 1. The van der Waals surface area contributed by atoms with Gasteiger partial charge in [-0.1, -0.05) is 0 Å². The Morgan fingerprint density at radius 2 is 2.00 bits per heavy atom. The second kappa shape index (κ2) is 3.80. The van der Waals surface area contributed by atoms with Gasteiger partial charge in [-0.15, -0.1) is 0 Å². The minimum atomic E-state index is -0.178. The number of rotatable bonds is 2. The van der Waals surface area contributed by atoms with Gasteiger partial charge in [-0.25, -0.2) is 0 Å². The van der Waals surface area contributed by atoms with Crippen LogP contribution in [0.2, 0.25) is 0 Å². The molecular weight excluding hydrogens is 168 g/mol. The van der Waals surface area contributed by atoms with Crippen LogP contribution in [0.5, 0.6) is 0 Å². The molecule has 68 valence electrons. The molecule has 0 bridgehead atoms. The topological polar surface area (TPSA) is 59.1 Å². The van der Waals surface area contributed by atoms with Crippen molar-refractivity contribution in [2.24, 2.45) is 0 Å². The first kappa shape index (κ1) is 9.38. The van der Waals surface area contributed by atoms with Crippen LogP contribution >= 0.6 is 0 Å². The second-order valence-corrected chi connectivity index (χ2v) is 2.70. The average molecular weight is 178 g/mol. The molecule has 1 rings (SSSR count). The first-order chi connectivity index (χ1) is 6.09. The molecule has 0 saturated carbocycles. The van der Waals surface area contributed by atoms with Crippen LogP contribution in [0.1, 0.15) is 24.2 Å². The lowest BCUT2D eigenvalue weighted by Crippen LogP contribution is -2.07. The predicted molar refractivity (Wildman–Crippen MR) is 48.5 cm³/mol. The maximum Gasteiger partial charge on any atom is 0.221 e. The van der Waals surface area contributed by atoms with Gasteiger partial charge in [0.05, 0.1) is 11.9 Å². The summed E-state index contributed by atoms with van der Waals surface area (Å²) >= 11 is 0. The summed E-state index contributed by atoms with van der Waals surface area (Å²) in [4.78, 5) is 25.4. The minimum absolute atomic E-state index is 0.0697. The fourth-order valence-electron chi connectivity index (χ4n) is 0.904. The Morgan fingerprint density at radius 1 is 1.31 bits per heavy atom. The number of pyridine rings is 1. The zero-order chi connectivity index (χ0) is 9.84. The number of nitrogens with one attached hydrogen (secondary N) is 1. The van der Waals surface area contributed by atoms with Gasteiger partial charge in [-0.3, -0.25) is 14.6 Å². The third-order valence-electron chi connectivity index (χ3n) is 1.47. The third kappa shape index (κ3) is 2.66. The number of ketones is 1. The summed E-state index contributed by atoms with van der Waals surface area (Å²) in [7, 11) is 0. The van der Waals surface area contributed by atoms with Gasteiger partial charge < -0.3 is 5.32 Å². The Labute approximate surface area is 76.0 Å². The fourth-order valence-corrected chi connectivity index (χ4v) is 0.904. The van der Waals surface area contributed by atoms with Crippen LogP contribution in [0.25, 0.3) is 0 Å². The lowest BCUT2D eigenvalue weighted by atomic mass is 10.2. The van der Waals surface area contributed by atoms with Gasteiger partial charge in [-0.2, -0.15) is 0 Å². The fraction of sp³-hybridized carbons (Fsp3) is 0.222. The number of aromatic nitrogens is 1. The zero-order valence-corrected chi connectivity index (χ0v) is 7.50. The highest BCUT2D eigenvalue weighted by atomic mass is 16.1. The quantitative estimate of drug-likeness (QED) is 0.693. The van der Waals surface area contributed by atoms with E-state index < -0.39 is 0 Å². The van der Waals surface area contributed by atoms with Gasteiger partial charge >= 0.3 is 0 Å². The Morgan fingerprint density at radius 3 is 2.54 bits per heavy atom.